The van der Waals surface area contributed by atoms with E-state index < -0.39 is 0 Å². The minimum Gasteiger partial charge on any atom is -0.396 e. The molecule has 0 aromatic rings. The highest BCUT2D eigenvalue weighted by atomic mass is 16.3. The van der Waals surface area contributed by atoms with Crippen molar-refractivity contribution in [3.8, 4) is 0 Å². The molecule has 0 amide bonds. The van der Waals surface area contributed by atoms with Crippen LogP contribution in [-0.4, -0.2) is 36.5 Å². The summed E-state index contributed by atoms with van der Waals surface area (Å²) in [6.45, 7) is 2.17. The monoisotopic (exact) mass is 133 g/mol. The lowest BCUT2D eigenvalue weighted by Gasteiger charge is -1.99. The summed E-state index contributed by atoms with van der Waals surface area (Å²) in [6, 6.07) is 0. The van der Waals surface area contributed by atoms with Gasteiger partial charge in [-0.3, -0.25) is 0 Å². The van der Waals surface area contributed by atoms with Gasteiger partial charge in [-0.2, -0.15) is 0 Å². The minimum absolute atomic E-state index is 0.242. The van der Waals surface area contributed by atoms with Crippen LogP contribution in [0.3, 0.4) is 0 Å². The number of aliphatic hydroxyl groups is 2. The Kier molecular flexibility index (Phi) is 7.77. The molecule has 0 unspecified atom stereocenters. The van der Waals surface area contributed by atoms with Crippen molar-refractivity contribution in [3.05, 3.63) is 0 Å². The van der Waals surface area contributed by atoms with Crippen molar-refractivity contribution in [2.24, 2.45) is 0 Å². The Labute approximate surface area is 55.7 Å². The molecule has 0 aromatic heterocycles. The Morgan fingerprint density at radius 1 is 0.889 bits per heavy atom. The van der Waals surface area contributed by atoms with Gasteiger partial charge in [-0.1, -0.05) is 0 Å². The van der Waals surface area contributed by atoms with E-state index in [2.05, 4.69) is 5.32 Å². The number of rotatable bonds is 6. The van der Waals surface area contributed by atoms with E-state index in [0.717, 1.165) is 25.9 Å². The fourth-order valence-corrected chi connectivity index (χ4v) is 0.533. The summed E-state index contributed by atoms with van der Waals surface area (Å²) in [4.78, 5) is 0. The van der Waals surface area contributed by atoms with Crippen molar-refractivity contribution in [1.82, 2.24) is 5.32 Å². The third-order valence-electron chi connectivity index (χ3n) is 1.02. The maximum absolute atomic E-state index is 8.33. The highest BCUT2D eigenvalue weighted by Gasteiger charge is 1.84. The van der Waals surface area contributed by atoms with E-state index in [1.54, 1.807) is 0 Å². The molecule has 0 fully saturated rings. The van der Waals surface area contributed by atoms with E-state index in [1.165, 1.54) is 0 Å². The molecule has 0 aromatic carbocycles. The van der Waals surface area contributed by atoms with Crippen LogP contribution in [0.1, 0.15) is 12.8 Å². The first-order valence-corrected chi connectivity index (χ1v) is 3.34. The molecule has 0 spiro atoms. The van der Waals surface area contributed by atoms with Crippen LogP contribution in [0.25, 0.3) is 0 Å². The van der Waals surface area contributed by atoms with E-state index in [9.17, 15) is 0 Å². The lowest BCUT2D eigenvalue weighted by molar-refractivity contribution is 0.276. The Morgan fingerprint density at radius 3 is 1.67 bits per heavy atom. The van der Waals surface area contributed by atoms with Crippen LogP contribution in [0.5, 0.6) is 0 Å². The Hall–Kier alpha value is -0.120. The van der Waals surface area contributed by atoms with E-state index in [-0.39, 0.29) is 13.2 Å². The summed E-state index contributed by atoms with van der Waals surface area (Å²) in [6.07, 6.45) is 1.59. The fourth-order valence-electron chi connectivity index (χ4n) is 0.533. The van der Waals surface area contributed by atoms with Crippen LogP contribution in [0, 0.1) is 0 Å². The van der Waals surface area contributed by atoms with Gasteiger partial charge in [0, 0.05) is 13.2 Å². The second-order valence-electron chi connectivity index (χ2n) is 1.90. The molecule has 9 heavy (non-hydrogen) atoms. The average Bonchev–Trinajstić information content (AvgIpc) is 1.89. The summed E-state index contributed by atoms with van der Waals surface area (Å²) >= 11 is 0. The van der Waals surface area contributed by atoms with E-state index in [4.69, 9.17) is 10.2 Å². The van der Waals surface area contributed by atoms with Gasteiger partial charge in [0.1, 0.15) is 0 Å². The summed E-state index contributed by atoms with van der Waals surface area (Å²) in [5, 5.41) is 19.7. The first kappa shape index (κ1) is 8.88. The van der Waals surface area contributed by atoms with Gasteiger partial charge < -0.3 is 15.5 Å². The van der Waals surface area contributed by atoms with Gasteiger partial charge in [-0.05, 0) is 25.9 Å². The molecule has 3 nitrogen and oxygen atoms in total. The summed E-state index contributed by atoms with van der Waals surface area (Å²) in [7, 11) is 0. The number of aliphatic hydroxyl groups excluding tert-OH is 2. The fraction of sp³-hybridized carbons (Fsp3) is 1.00. The van der Waals surface area contributed by atoms with Crippen molar-refractivity contribution < 1.29 is 10.2 Å². The van der Waals surface area contributed by atoms with Crippen LogP contribution >= 0.6 is 0 Å². The number of hydrogen-bond acceptors (Lipinski definition) is 3. The largest absolute Gasteiger partial charge is 0.396 e. The zero-order chi connectivity index (χ0) is 6.95. The minimum atomic E-state index is 0.242. The second kappa shape index (κ2) is 7.88. The van der Waals surface area contributed by atoms with Crippen LogP contribution in [-0.2, 0) is 0 Å². The second-order valence-corrected chi connectivity index (χ2v) is 1.90. The lowest BCUT2D eigenvalue weighted by atomic mass is 10.4. The molecule has 0 aliphatic rings. The first-order chi connectivity index (χ1) is 4.41. The van der Waals surface area contributed by atoms with E-state index in [0.29, 0.717) is 0 Å². The molecular formula is C6H15NO2. The van der Waals surface area contributed by atoms with Gasteiger partial charge in [0.2, 0.25) is 0 Å². The summed E-state index contributed by atoms with van der Waals surface area (Å²) < 4.78 is 0. The lowest BCUT2D eigenvalue weighted by Crippen LogP contribution is -2.18. The van der Waals surface area contributed by atoms with Gasteiger partial charge in [-0.25, -0.2) is 0 Å². The Balaban J connectivity index is 2.60. The zero-order valence-corrected chi connectivity index (χ0v) is 5.64. The van der Waals surface area contributed by atoms with E-state index in [1.807, 2.05) is 0 Å². The quantitative estimate of drug-likeness (QED) is 0.422. The van der Waals surface area contributed by atoms with Gasteiger partial charge in [0.25, 0.3) is 0 Å². The molecular weight excluding hydrogens is 118 g/mol. The molecule has 56 valence electrons. The zero-order valence-electron chi connectivity index (χ0n) is 5.64. The molecule has 0 saturated carbocycles. The van der Waals surface area contributed by atoms with Crippen molar-refractivity contribution >= 4 is 0 Å². The maximum atomic E-state index is 8.33. The smallest absolute Gasteiger partial charge is 0.0443 e. The SMILES string of the molecule is OCCCNCCCO. The highest BCUT2D eigenvalue weighted by Crippen LogP contribution is 1.74. The Morgan fingerprint density at radius 2 is 1.33 bits per heavy atom. The third kappa shape index (κ3) is 7.88. The normalized spacial score (nSPS) is 10.0. The molecule has 0 rings (SSSR count). The van der Waals surface area contributed by atoms with Crippen molar-refractivity contribution in [2.75, 3.05) is 26.3 Å². The molecule has 0 atom stereocenters. The molecule has 3 N–H and O–H groups in total. The van der Waals surface area contributed by atoms with Crippen LogP contribution in [0.15, 0.2) is 0 Å². The molecule has 0 saturated heterocycles. The van der Waals surface area contributed by atoms with Gasteiger partial charge in [0.05, 0.1) is 0 Å². The number of hydrogen-bond donors (Lipinski definition) is 3. The first-order valence-electron chi connectivity index (χ1n) is 3.34. The molecule has 0 aliphatic carbocycles. The van der Waals surface area contributed by atoms with Crippen LogP contribution < -0.4 is 5.32 Å². The highest BCUT2D eigenvalue weighted by molar-refractivity contribution is 4.45. The van der Waals surface area contributed by atoms with Crippen LogP contribution in [0.2, 0.25) is 0 Å². The van der Waals surface area contributed by atoms with Gasteiger partial charge in [-0.15, -0.1) is 0 Å². The predicted molar refractivity (Wildman–Crippen MR) is 36.3 cm³/mol. The standard InChI is InChI=1S/C6H15NO2/c8-5-1-3-7-4-2-6-9/h7-9H,1-6H2. The topological polar surface area (TPSA) is 52.5 Å². The molecule has 0 radical (unpaired) electrons. The number of nitrogens with one attached hydrogen (secondary N) is 1. The summed E-state index contributed by atoms with van der Waals surface area (Å²) in [5.41, 5.74) is 0. The van der Waals surface area contributed by atoms with Crippen molar-refractivity contribution in [3.63, 3.8) is 0 Å². The van der Waals surface area contributed by atoms with Crippen molar-refractivity contribution in [1.29, 1.82) is 0 Å². The summed E-state index contributed by atoms with van der Waals surface area (Å²) in [5.74, 6) is 0. The molecule has 0 bridgehead atoms. The molecule has 3 heteroatoms. The van der Waals surface area contributed by atoms with Crippen molar-refractivity contribution in [2.45, 2.75) is 12.8 Å². The average molecular weight is 133 g/mol. The van der Waals surface area contributed by atoms with Gasteiger partial charge in [0.15, 0.2) is 0 Å². The predicted octanol–water partition coefficient (Wildman–Crippen LogP) is -0.659. The maximum Gasteiger partial charge on any atom is 0.0443 e. The third-order valence-corrected chi connectivity index (χ3v) is 1.02. The Bertz CT molecular complexity index is 44.3. The van der Waals surface area contributed by atoms with Crippen LogP contribution in [0.4, 0.5) is 0 Å². The molecule has 0 aliphatic heterocycles. The van der Waals surface area contributed by atoms with E-state index >= 15 is 0 Å². The van der Waals surface area contributed by atoms with Gasteiger partial charge >= 0.3 is 0 Å². The molecule has 0 heterocycles.